The summed E-state index contributed by atoms with van der Waals surface area (Å²) in [5.41, 5.74) is 0. The third kappa shape index (κ3) is 1.05. The maximum Gasteiger partial charge on any atom is 0.338 e. The molecular weight excluding hydrogens is 152 g/mol. The van der Waals surface area contributed by atoms with Crippen molar-refractivity contribution in [3.05, 3.63) is 0 Å². The van der Waals surface area contributed by atoms with Crippen LogP contribution in [-0.2, 0) is 14.2 Å². The van der Waals surface area contributed by atoms with Gasteiger partial charge in [-0.25, -0.2) is 0 Å². The molecule has 1 spiro atoms. The molecule has 10 heavy (non-hydrogen) atoms. The van der Waals surface area contributed by atoms with E-state index < -0.39 is 5.31 Å². The van der Waals surface area contributed by atoms with E-state index in [9.17, 15) is 0 Å². The molecule has 2 aliphatic heterocycles. The van der Waals surface area contributed by atoms with Gasteiger partial charge in [-0.2, -0.15) is 0 Å². The second-order valence-electron chi connectivity index (χ2n) is 2.44. The van der Waals surface area contributed by atoms with Crippen molar-refractivity contribution in [3.63, 3.8) is 0 Å². The standard InChI is InChI=1S/C6H10O3S/c1-5-4-10-6(9-5)7-2-3-8-6/h5H,2-4H2,1H3/t5-/m0/s1. The SMILES string of the molecule is C[C@H]1CSC2(OCCO2)O1. The fraction of sp³-hybridized carbons (Fsp3) is 1.00. The lowest BCUT2D eigenvalue weighted by Gasteiger charge is -2.18. The zero-order valence-corrected chi connectivity index (χ0v) is 6.65. The molecule has 0 aromatic carbocycles. The minimum absolute atomic E-state index is 0.253. The minimum Gasteiger partial charge on any atom is -0.316 e. The molecule has 0 saturated carbocycles. The molecule has 2 aliphatic rings. The van der Waals surface area contributed by atoms with E-state index in [1.165, 1.54) is 0 Å². The Morgan fingerprint density at radius 3 is 2.60 bits per heavy atom. The second kappa shape index (κ2) is 2.37. The van der Waals surface area contributed by atoms with Crippen LogP contribution < -0.4 is 0 Å². The number of ether oxygens (including phenoxy) is 3. The molecule has 0 unspecified atom stereocenters. The van der Waals surface area contributed by atoms with E-state index in [1.807, 2.05) is 6.92 Å². The summed E-state index contributed by atoms with van der Waals surface area (Å²) in [5, 5.41) is -0.723. The van der Waals surface area contributed by atoms with Gasteiger partial charge in [0.2, 0.25) is 0 Å². The van der Waals surface area contributed by atoms with Crippen LogP contribution in [0.25, 0.3) is 0 Å². The van der Waals surface area contributed by atoms with Gasteiger partial charge >= 0.3 is 5.31 Å². The Balaban J connectivity index is 2.03. The van der Waals surface area contributed by atoms with Crippen molar-refractivity contribution in [2.45, 2.75) is 18.3 Å². The van der Waals surface area contributed by atoms with Crippen molar-refractivity contribution in [1.29, 1.82) is 0 Å². The molecule has 4 heteroatoms. The first-order valence-corrected chi connectivity index (χ1v) is 4.39. The topological polar surface area (TPSA) is 27.7 Å². The Kier molecular flexibility index (Phi) is 1.64. The molecule has 1 atom stereocenters. The van der Waals surface area contributed by atoms with Gasteiger partial charge in [0, 0.05) is 5.75 Å². The lowest BCUT2D eigenvalue weighted by molar-refractivity contribution is -0.265. The zero-order valence-electron chi connectivity index (χ0n) is 5.83. The van der Waals surface area contributed by atoms with Gasteiger partial charge in [0.25, 0.3) is 0 Å². The van der Waals surface area contributed by atoms with Gasteiger partial charge in [-0.15, -0.1) is 0 Å². The number of hydrogen-bond acceptors (Lipinski definition) is 4. The summed E-state index contributed by atoms with van der Waals surface area (Å²) >= 11 is 1.59. The maximum absolute atomic E-state index is 5.43. The van der Waals surface area contributed by atoms with Crippen molar-refractivity contribution < 1.29 is 14.2 Å². The molecule has 2 rings (SSSR count). The Morgan fingerprint density at radius 2 is 2.10 bits per heavy atom. The molecule has 2 saturated heterocycles. The van der Waals surface area contributed by atoms with Crippen molar-refractivity contribution in [2.75, 3.05) is 19.0 Å². The van der Waals surface area contributed by atoms with Gasteiger partial charge in [-0.05, 0) is 6.92 Å². The predicted molar refractivity (Wildman–Crippen MR) is 37.6 cm³/mol. The minimum atomic E-state index is -0.723. The van der Waals surface area contributed by atoms with Crippen molar-refractivity contribution in [2.24, 2.45) is 0 Å². The lowest BCUT2D eigenvalue weighted by Crippen LogP contribution is -2.26. The van der Waals surface area contributed by atoms with Gasteiger partial charge in [0.15, 0.2) is 0 Å². The van der Waals surface area contributed by atoms with Crippen LogP contribution in [0.1, 0.15) is 6.92 Å². The van der Waals surface area contributed by atoms with Crippen LogP contribution in [0.3, 0.4) is 0 Å². The van der Waals surface area contributed by atoms with Crippen LogP contribution in [0, 0.1) is 0 Å². The summed E-state index contributed by atoms with van der Waals surface area (Å²) in [5.74, 6) is 0.958. The molecule has 58 valence electrons. The van der Waals surface area contributed by atoms with Crippen molar-refractivity contribution in [1.82, 2.24) is 0 Å². The van der Waals surface area contributed by atoms with E-state index in [2.05, 4.69) is 0 Å². The number of hydrogen-bond donors (Lipinski definition) is 0. The molecule has 0 amide bonds. The molecule has 0 aromatic rings. The molecule has 0 bridgehead atoms. The van der Waals surface area contributed by atoms with E-state index in [4.69, 9.17) is 14.2 Å². The first kappa shape index (κ1) is 6.91. The second-order valence-corrected chi connectivity index (χ2v) is 3.56. The Hall–Kier alpha value is 0.230. The van der Waals surface area contributed by atoms with Crippen molar-refractivity contribution in [3.8, 4) is 0 Å². The molecule has 0 radical (unpaired) electrons. The van der Waals surface area contributed by atoms with Gasteiger partial charge in [0.1, 0.15) is 0 Å². The Bertz CT molecular complexity index is 133. The lowest BCUT2D eigenvalue weighted by atomic mass is 10.5. The summed E-state index contributed by atoms with van der Waals surface area (Å²) in [6.45, 7) is 3.33. The maximum atomic E-state index is 5.43. The molecule has 0 aromatic heterocycles. The number of thioether (sulfide) groups is 1. The van der Waals surface area contributed by atoms with E-state index in [1.54, 1.807) is 11.8 Å². The third-order valence-electron chi connectivity index (χ3n) is 1.48. The Labute approximate surface area is 64.0 Å². The van der Waals surface area contributed by atoms with Crippen LogP contribution in [0.2, 0.25) is 0 Å². The van der Waals surface area contributed by atoms with E-state index >= 15 is 0 Å². The fourth-order valence-corrected chi connectivity index (χ4v) is 2.13. The molecule has 0 aliphatic carbocycles. The van der Waals surface area contributed by atoms with Crippen LogP contribution in [-0.4, -0.2) is 30.4 Å². The highest BCUT2D eigenvalue weighted by Gasteiger charge is 2.45. The first-order chi connectivity index (χ1) is 4.81. The van der Waals surface area contributed by atoms with Gasteiger partial charge < -0.3 is 14.2 Å². The molecule has 3 nitrogen and oxygen atoms in total. The highest BCUT2D eigenvalue weighted by atomic mass is 32.2. The predicted octanol–water partition coefficient (Wildman–Crippen LogP) is 0.796. The summed E-state index contributed by atoms with van der Waals surface area (Å²) in [7, 11) is 0. The van der Waals surface area contributed by atoms with E-state index in [0.29, 0.717) is 13.2 Å². The molecule has 2 fully saturated rings. The quantitative estimate of drug-likeness (QED) is 0.526. The van der Waals surface area contributed by atoms with Crippen LogP contribution in [0.15, 0.2) is 0 Å². The third-order valence-corrected chi connectivity index (χ3v) is 2.80. The molecule has 2 heterocycles. The smallest absolute Gasteiger partial charge is 0.316 e. The molecular formula is C6H10O3S. The van der Waals surface area contributed by atoms with Crippen LogP contribution >= 0.6 is 11.8 Å². The highest BCUT2D eigenvalue weighted by Crippen LogP contribution is 2.40. The first-order valence-electron chi connectivity index (χ1n) is 3.40. The zero-order chi connectivity index (χ0) is 7.03. The van der Waals surface area contributed by atoms with Crippen LogP contribution in [0.4, 0.5) is 0 Å². The van der Waals surface area contributed by atoms with E-state index in [0.717, 1.165) is 5.75 Å². The number of rotatable bonds is 0. The highest BCUT2D eigenvalue weighted by molar-refractivity contribution is 8.00. The van der Waals surface area contributed by atoms with E-state index in [-0.39, 0.29) is 6.10 Å². The summed E-state index contributed by atoms with van der Waals surface area (Å²) in [4.78, 5) is 0. The normalized spacial score (nSPS) is 37.5. The largest absolute Gasteiger partial charge is 0.338 e. The fourth-order valence-electron chi connectivity index (χ4n) is 1.06. The monoisotopic (exact) mass is 162 g/mol. The summed E-state index contributed by atoms with van der Waals surface area (Å²) < 4.78 is 16.0. The summed E-state index contributed by atoms with van der Waals surface area (Å²) in [6.07, 6.45) is 0.253. The van der Waals surface area contributed by atoms with Gasteiger partial charge in [0.05, 0.1) is 19.3 Å². The van der Waals surface area contributed by atoms with Crippen LogP contribution in [0.5, 0.6) is 0 Å². The summed E-state index contributed by atoms with van der Waals surface area (Å²) in [6, 6.07) is 0. The molecule has 0 N–H and O–H groups in total. The average molecular weight is 162 g/mol. The van der Waals surface area contributed by atoms with Crippen molar-refractivity contribution >= 4 is 11.8 Å². The van der Waals surface area contributed by atoms with Gasteiger partial charge in [-0.3, -0.25) is 0 Å². The average Bonchev–Trinajstić information content (AvgIpc) is 2.46. The Morgan fingerprint density at radius 1 is 1.40 bits per heavy atom. The van der Waals surface area contributed by atoms with Gasteiger partial charge in [-0.1, -0.05) is 11.8 Å².